The highest BCUT2D eigenvalue weighted by molar-refractivity contribution is 5.95. The molecule has 0 aliphatic carbocycles. The molecule has 5 nitrogen and oxygen atoms in total. The number of carbonyl (C=O) groups excluding carboxylic acids is 1. The Kier molecular flexibility index (Phi) is 4.16. The Hall–Kier alpha value is -3.54. The fraction of sp³-hybridized carbons (Fsp3) is 0.0952. The van der Waals surface area contributed by atoms with Crippen molar-refractivity contribution in [3.8, 4) is 22.5 Å². The Morgan fingerprint density at radius 3 is 2.44 bits per heavy atom. The first kappa shape index (κ1) is 16.9. The van der Waals surface area contributed by atoms with Crippen molar-refractivity contribution in [3.63, 3.8) is 0 Å². The lowest BCUT2D eigenvalue weighted by Gasteiger charge is -2.11. The number of benzene rings is 2. The molecule has 2 aromatic carbocycles. The fourth-order valence-electron chi connectivity index (χ4n) is 2.89. The summed E-state index contributed by atoms with van der Waals surface area (Å²) < 4.78 is 14.8. The normalized spacial score (nSPS) is 10.9. The van der Waals surface area contributed by atoms with Gasteiger partial charge in [0.05, 0.1) is 16.9 Å². The summed E-state index contributed by atoms with van der Waals surface area (Å²) in [6, 6.07) is 17.4. The average molecular weight is 360 g/mol. The van der Waals surface area contributed by atoms with E-state index in [-0.39, 0.29) is 11.7 Å². The number of amides is 1. The molecule has 0 N–H and O–H groups in total. The molecule has 0 saturated heterocycles. The molecule has 2 aromatic heterocycles. The number of nitrogens with zero attached hydrogens (tertiary/aromatic N) is 4. The van der Waals surface area contributed by atoms with Crippen LogP contribution in [0.2, 0.25) is 0 Å². The van der Waals surface area contributed by atoms with Crippen LogP contribution in [0.25, 0.3) is 28.0 Å². The Balaban J connectivity index is 1.73. The number of carbonyl (C=O) groups is 1. The van der Waals surface area contributed by atoms with Gasteiger partial charge in [-0.1, -0.05) is 12.1 Å². The maximum atomic E-state index is 13.1. The van der Waals surface area contributed by atoms with Crippen LogP contribution in [0.4, 0.5) is 4.39 Å². The Morgan fingerprint density at radius 2 is 1.70 bits per heavy atom. The van der Waals surface area contributed by atoms with Crippen LogP contribution in [-0.4, -0.2) is 39.5 Å². The van der Waals surface area contributed by atoms with Gasteiger partial charge in [0, 0.05) is 30.8 Å². The Morgan fingerprint density at radius 1 is 0.963 bits per heavy atom. The highest BCUT2D eigenvalue weighted by Crippen LogP contribution is 2.24. The van der Waals surface area contributed by atoms with Gasteiger partial charge in [-0.15, -0.1) is 0 Å². The summed E-state index contributed by atoms with van der Waals surface area (Å²) in [5, 5.41) is 4.49. The van der Waals surface area contributed by atoms with Gasteiger partial charge in [-0.05, 0) is 48.5 Å². The topological polar surface area (TPSA) is 50.5 Å². The summed E-state index contributed by atoms with van der Waals surface area (Å²) in [4.78, 5) is 18.2. The van der Waals surface area contributed by atoms with E-state index < -0.39 is 0 Å². The molecule has 4 aromatic rings. The minimum atomic E-state index is -0.279. The second-order valence-corrected chi connectivity index (χ2v) is 6.46. The molecule has 0 bridgehead atoms. The van der Waals surface area contributed by atoms with Gasteiger partial charge in [0.1, 0.15) is 12.1 Å². The van der Waals surface area contributed by atoms with Crippen LogP contribution < -0.4 is 0 Å². The molecule has 134 valence electrons. The Labute approximate surface area is 155 Å². The van der Waals surface area contributed by atoms with Gasteiger partial charge in [0.15, 0.2) is 0 Å². The van der Waals surface area contributed by atoms with Gasteiger partial charge in [0.25, 0.3) is 5.91 Å². The Bertz CT molecular complexity index is 1130. The van der Waals surface area contributed by atoms with Gasteiger partial charge >= 0.3 is 0 Å². The third kappa shape index (κ3) is 3.29. The molecule has 0 aliphatic heterocycles. The van der Waals surface area contributed by atoms with Crippen molar-refractivity contribution in [2.45, 2.75) is 0 Å². The second kappa shape index (κ2) is 6.64. The maximum absolute atomic E-state index is 13.1. The van der Waals surface area contributed by atoms with Crippen LogP contribution in [-0.2, 0) is 0 Å². The fourth-order valence-corrected chi connectivity index (χ4v) is 2.89. The first-order chi connectivity index (χ1) is 13.0. The third-order valence-electron chi connectivity index (χ3n) is 4.31. The number of hydrogen-bond donors (Lipinski definition) is 0. The van der Waals surface area contributed by atoms with E-state index in [0.717, 1.165) is 28.0 Å². The van der Waals surface area contributed by atoms with E-state index in [4.69, 9.17) is 0 Å². The summed E-state index contributed by atoms with van der Waals surface area (Å²) in [6.07, 6.45) is 1.64. The predicted molar refractivity (Wildman–Crippen MR) is 102 cm³/mol. The van der Waals surface area contributed by atoms with Crippen molar-refractivity contribution in [1.29, 1.82) is 0 Å². The van der Waals surface area contributed by atoms with Crippen LogP contribution in [0.15, 0.2) is 67.0 Å². The van der Waals surface area contributed by atoms with Crippen LogP contribution in [0, 0.1) is 5.82 Å². The van der Waals surface area contributed by atoms with E-state index in [1.807, 2.05) is 30.3 Å². The summed E-state index contributed by atoms with van der Waals surface area (Å²) in [5.74, 6) is -0.334. The molecule has 0 fully saturated rings. The second-order valence-electron chi connectivity index (χ2n) is 6.46. The minimum Gasteiger partial charge on any atom is -0.345 e. The zero-order valence-electron chi connectivity index (χ0n) is 14.9. The maximum Gasteiger partial charge on any atom is 0.253 e. The van der Waals surface area contributed by atoms with Crippen molar-refractivity contribution in [2.75, 3.05) is 14.1 Å². The van der Waals surface area contributed by atoms with Crippen molar-refractivity contribution in [3.05, 3.63) is 78.4 Å². The van der Waals surface area contributed by atoms with E-state index in [1.165, 1.54) is 12.1 Å². The zero-order valence-corrected chi connectivity index (χ0v) is 14.9. The van der Waals surface area contributed by atoms with Crippen molar-refractivity contribution in [2.24, 2.45) is 0 Å². The summed E-state index contributed by atoms with van der Waals surface area (Å²) >= 11 is 0. The van der Waals surface area contributed by atoms with Crippen LogP contribution in [0.5, 0.6) is 0 Å². The van der Waals surface area contributed by atoms with Crippen molar-refractivity contribution >= 4 is 11.4 Å². The van der Waals surface area contributed by atoms with E-state index in [9.17, 15) is 9.18 Å². The molecule has 2 heterocycles. The molecule has 0 unspecified atom stereocenters. The first-order valence-corrected chi connectivity index (χ1v) is 8.45. The highest BCUT2D eigenvalue weighted by Gasteiger charge is 2.11. The third-order valence-corrected chi connectivity index (χ3v) is 4.31. The lowest BCUT2D eigenvalue weighted by Crippen LogP contribution is -2.21. The standard InChI is InChI=1S/C21H17FN4O/c1-25(2)21(27)16-5-3-4-15(10-16)19-11-18-12-20(24-26(18)13-23-19)14-6-8-17(22)9-7-14/h3-13H,1-2H3. The van der Waals surface area contributed by atoms with E-state index in [2.05, 4.69) is 10.1 Å². The molecule has 0 saturated carbocycles. The molecular weight excluding hydrogens is 343 g/mol. The van der Waals surface area contributed by atoms with E-state index in [1.54, 1.807) is 48.0 Å². The molecule has 0 radical (unpaired) electrons. The number of aromatic nitrogens is 3. The monoisotopic (exact) mass is 360 g/mol. The average Bonchev–Trinajstić information content (AvgIpc) is 3.11. The van der Waals surface area contributed by atoms with Gasteiger partial charge in [-0.25, -0.2) is 13.9 Å². The number of halogens is 1. The summed E-state index contributed by atoms with van der Waals surface area (Å²) in [7, 11) is 3.45. The van der Waals surface area contributed by atoms with E-state index >= 15 is 0 Å². The smallest absolute Gasteiger partial charge is 0.253 e. The predicted octanol–water partition coefficient (Wildman–Crippen LogP) is 3.90. The molecule has 6 heteroatoms. The minimum absolute atomic E-state index is 0.0547. The highest BCUT2D eigenvalue weighted by atomic mass is 19.1. The lowest BCUT2D eigenvalue weighted by atomic mass is 10.1. The molecule has 27 heavy (non-hydrogen) atoms. The van der Waals surface area contributed by atoms with E-state index in [0.29, 0.717) is 5.56 Å². The molecule has 0 spiro atoms. The first-order valence-electron chi connectivity index (χ1n) is 8.45. The lowest BCUT2D eigenvalue weighted by molar-refractivity contribution is 0.0827. The van der Waals surface area contributed by atoms with Gasteiger partial charge in [0.2, 0.25) is 0 Å². The summed E-state index contributed by atoms with van der Waals surface area (Å²) in [6.45, 7) is 0. The van der Waals surface area contributed by atoms with Crippen LogP contribution in [0.3, 0.4) is 0 Å². The SMILES string of the molecule is CN(C)C(=O)c1cccc(-c2cc3cc(-c4ccc(F)cc4)nn3cn2)c1. The van der Waals surface area contributed by atoms with Gasteiger partial charge in [-0.3, -0.25) is 4.79 Å². The molecule has 1 amide bonds. The van der Waals surface area contributed by atoms with Crippen LogP contribution >= 0.6 is 0 Å². The van der Waals surface area contributed by atoms with Gasteiger partial charge in [-0.2, -0.15) is 5.10 Å². The largest absolute Gasteiger partial charge is 0.345 e. The molecule has 4 rings (SSSR count). The zero-order chi connectivity index (χ0) is 19.0. The quantitative estimate of drug-likeness (QED) is 0.557. The molecular formula is C21H17FN4O. The van der Waals surface area contributed by atoms with Crippen molar-refractivity contribution < 1.29 is 9.18 Å². The molecule has 0 atom stereocenters. The van der Waals surface area contributed by atoms with Crippen LogP contribution in [0.1, 0.15) is 10.4 Å². The molecule has 0 aliphatic rings. The van der Waals surface area contributed by atoms with Crippen molar-refractivity contribution in [1.82, 2.24) is 19.5 Å². The van der Waals surface area contributed by atoms with Gasteiger partial charge < -0.3 is 4.90 Å². The summed E-state index contributed by atoms with van der Waals surface area (Å²) in [5.41, 5.74) is 4.66. The number of fused-ring (bicyclic) bond motifs is 1. The number of hydrogen-bond acceptors (Lipinski definition) is 3. The number of rotatable bonds is 3.